The first-order valence-electron chi connectivity index (χ1n) is 6.85. The first kappa shape index (κ1) is 15.8. The van der Waals surface area contributed by atoms with Crippen LogP contribution in [-0.2, 0) is 16.1 Å². The molecule has 0 aliphatic carbocycles. The molecule has 22 heavy (non-hydrogen) atoms. The highest BCUT2D eigenvalue weighted by atomic mass is 16.6. The van der Waals surface area contributed by atoms with Crippen LogP contribution in [0.5, 0.6) is 0 Å². The Morgan fingerprint density at radius 3 is 2.50 bits per heavy atom. The van der Waals surface area contributed by atoms with Gasteiger partial charge in [-0.3, -0.25) is 4.79 Å². The lowest BCUT2D eigenvalue weighted by molar-refractivity contribution is -0.133. The van der Waals surface area contributed by atoms with Gasteiger partial charge in [0.15, 0.2) is 6.61 Å². The highest BCUT2D eigenvalue weighted by Gasteiger charge is 2.17. The van der Waals surface area contributed by atoms with Crippen molar-refractivity contribution in [2.45, 2.75) is 20.4 Å². The number of likely N-dealkylation sites (N-methyl/N-ethyl adjacent to an activating group) is 1. The summed E-state index contributed by atoms with van der Waals surface area (Å²) < 4.78 is 9.69. The molecule has 6 heteroatoms. The molecule has 0 atom stereocenters. The number of aryl methyl sites for hydroxylation is 2. The average Bonchev–Trinajstić information content (AvgIpc) is 2.93. The molecule has 1 heterocycles. The Labute approximate surface area is 128 Å². The third-order valence-corrected chi connectivity index (χ3v) is 3.12. The fraction of sp³-hybridized carbons (Fsp3) is 0.312. The van der Waals surface area contributed by atoms with Crippen LogP contribution in [0, 0.1) is 13.8 Å². The van der Waals surface area contributed by atoms with Gasteiger partial charge in [0.2, 0.25) is 5.76 Å². The number of carbonyl (C=O) groups excluding carboxylic acids is 2. The first-order chi connectivity index (χ1) is 10.5. The van der Waals surface area contributed by atoms with E-state index in [1.54, 1.807) is 14.0 Å². The van der Waals surface area contributed by atoms with Crippen molar-refractivity contribution in [1.29, 1.82) is 0 Å². The predicted molar refractivity (Wildman–Crippen MR) is 79.2 cm³/mol. The van der Waals surface area contributed by atoms with Crippen molar-refractivity contribution < 1.29 is 18.8 Å². The minimum atomic E-state index is -0.697. The average molecular weight is 302 g/mol. The minimum absolute atomic E-state index is 0.00788. The summed E-state index contributed by atoms with van der Waals surface area (Å²) in [6.45, 7) is 3.82. The van der Waals surface area contributed by atoms with E-state index in [4.69, 9.17) is 9.26 Å². The number of nitrogens with zero attached hydrogens (tertiary/aromatic N) is 2. The number of ether oxygens (including phenoxy) is 1. The zero-order valence-electron chi connectivity index (χ0n) is 12.8. The first-order valence-corrected chi connectivity index (χ1v) is 6.85. The van der Waals surface area contributed by atoms with Crippen molar-refractivity contribution in [2.24, 2.45) is 0 Å². The molecule has 0 radical (unpaired) electrons. The summed E-state index contributed by atoms with van der Waals surface area (Å²) in [7, 11) is 1.66. The third-order valence-electron chi connectivity index (χ3n) is 3.12. The van der Waals surface area contributed by atoms with Crippen LogP contribution in [0.2, 0.25) is 0 Å². The van der Waals surface area contributed by atoms with Gasteiger partial charge in [-0.05, 0) is 19.4 Å². The van der Waals surface area contributed by atoms with Gasteiger partial charge in [-0.1, -0.05) is 35.0 Å². The van der Waals surface area contributed by atoms with Crippen LogP contribution in [0.1, 0.15) is 27.4 Å². The smallest absolute Gasteiger partial charge is 0.377 e. The number of amides is 1. The van der Waals surface area contributed by atoms with E-state index in [9.17, 15) is 9.59 Å². The van der Waals surface area contributed by atoms with Crippen LogP contribution < -0.4 is 0 Å². The molecule has 0 fully saturated rings. The quantitative estimate of drug-likeness (QED) is 0.791. The maximum Gasteiger partial charge on any atom is 0.377 e. The molecule has 2 rings (SSSR count). The van der Waals surface area contributed by atoms with E-state index in [-0.39, 0.29) is 18.3 Å². The van der Waals surface area contributed by atoms with Gasteiger partial charge in [0.1, 0.15) is 0 Å². The van der Waals surface area contributed by atoms with Crippen LogP contribution in [0.15, 0.2) is 34.9 Å². The Morgan fingerprint density at radius 2 is 1.91 bits per heavy atom. The van der Waals surface area contributed by atoms with Gasteiger partial charge in [0.25, 0.3) is 5.91 Å². The molecule has 0 aliphatic heterocycles. The van der Waals surface area contributed by atoms with Crippen LogP contribution in [0.25, 0.3) is 0 Å². The highest BCUT2D eigenvalue weighted by Crippen LogP contribution is 2.07. The monoisotopic (exact) mass is 302 g/mol. The fourth-order valence-electron chi connectivity index (χ4n) is 1.82. The molecule has 0 saturated heterocycles. The summed E-state index contributed by atoms with van der Waals surface area (Å²) in [4.78, 5) is 25.1. The molecule has 1 aromatic carbocycles. The molecule has 6 nitrogen and oxygen atoms in total. The molecule has 0 bridgehead atoms. The molecule has 0 spiro atoms. The third kappa shape index (κ3) is 4.18. The van der Waals surface area contributed by atoms with Gasteiger partial charge in [-0.15, -0.1) is 0 Å². The Balaban J connectivity index is 1.83. The van der Waals surface area contributed by atoms with Crippen LogP contribution in [0.4, 0.5) is 0 Å². The number of benzene rings is 1. The number of aromatic nitrogens is 1. The second-order valence-corrected chi connectivity index (χ2v) is 5.14. The predicted octanol–water partition coefficient (Wildman–Crippen LogP) is 2.11. The molecule has 0 unspecified atom stereocenters. The summed E-state index contributed by atoms with van der Waals surface area (Å²) in [5.41, 5.74) is 2.75. The second kappa shape index (κ2) is 6.89. The fourth-order valence-corrected chi connectivity index (χ4v) is 1.82. The molecule has 1 aromatic heterocycles. The summed E-state index contributed by atoms with van der Waals surface area (Å²) in [6, 6.07) is 9.35. The largest absolute Gasteiger partial charge is 0.450 e. The number of carbonyl (C=O) groups is 2. The van der Waals surface area contributed by atoms with Crippen molar-refractivity contribution in [3.63, 3.8) is 0 Å². The number of esters is 1. The number of hydrogen-bond acceptors (Lipinski definition) is 5. The standard InChI is InChI=1S/C16H18N2O4/c1-11-4-6-13(7-5-11)9-18(3)15(19)10-21-16(20)14-8-12(2)17-22-14/h4-8H,9-10H2,1-3H3. The van der Waals surface area contributed by atoms with Gasteiger partial charge in [-0.25, -0.2) is 4.79 Å². The maximum absolute atomic E-state index is 12.0. The van der Waals surface area contributed by atoms with E-state index in [1.807, 2.05) is 31.2 Å². The Morgan fingerprint density at radius 1 is 1.23 bits per heavy atom. The van der Waals surface area contributed by atoms with Crippen molar-refractivity contribution >= 4 is 11.9 Å². The summed E-state index contributed by atoms with van der Waals surface area (Å²) in [5.74, 6) is -0.991. The van der Waals surface area contributed by atoms with Crippen LogP contribution >= 0.6 is 0 Å². The normalized spacial score (nSPS) is 10.3. The van der Waals surface area contributed by atoms with Crippen molar-refractivity contribution in [1.82, 2.24) is 10.1 Å². The molecule has 1 amide bonds. The highest BCUT2D eigenvalue weighted by molar-refractivity contribution is 5.88. The summed E-state index contributed by atoms with van der Waals surface area (Å²) in [5, 5.41) is 3.59. The lowest BCUT2D eigenvalue weighted by atomic mass is 10.1. The van der Waals surface area contributed by atoms with E-state index in [0.29, 0.717) is 12.2 Å². The van der Waals surface area contributed by atoms with E-state index in [1.165, 1.54) is 11.0 Å². The van der Waals surface area contributed by atoms with Crippen LogP contribution in [-0.4, -0.2) is 35.6 Å². The Kier molecular flexibility index (Phi) is 4.93. The topological polar surface area (TPSA) is 72.6 Å². The second-order valence-electron chi connectivity index (χ2n) is 5.14. The van der Waals surface area contributed by atoms with Crippen molar-refractivity contribution in [3.05, 3.63) is 52.9 Å². The molecular formula is C16H18N2O4. The van der Waals surface area contributed by atoms with E-state index < -0.39 is 5.97 Å². The number of rotatable bonds is 5. The number of hydrogen-bond donors (Lipinski definition) is 0. The van der Waals surface area contributed by atoms with E-state index in [2.05, 4.69) is 5.16 Å². The minimum Gasteiger partial charge on any atom is -0.450 e. The maximum atomic E-state index is 12.0. The summed E-state index contributed by atoms with van der Waals surface area (Å²) in [6.07, 6.45) is 0. The summed E-state index contributed by atoms with van der Waals surface area (Å²) >= 11 is 0. The lowest BCUT2D eigenvalue weighted by Gasteiger charge is -2.17. The van der Waals surface area contributed by atoms with Crippen molar-refractivity contribution in [2.75, 3.05) is 13.7 Å². The van der Waals surface area contributed by atoms with E-state index >= 15 is 0 Å². The van der Waals surface area contributed by atoms with Crippen molar-refractivity contribution in [3.8, 4) is 0 Å². The lowest BCUT2D eigenvalue weighted by Crippen LogP contribution is -2.30. The molecule has 116 valence electrons. The van der Waals surface area contributed by atoms with Gasteiger partial charge in [0.05, 0.1) is 5.69 Å². The van der Waals surface area contributed by atoms with Crippen LogP contribution in [0.3, 0.4) is 0 Å². The van der Waals surface area contributed by atoms with Gasteiger partial charge >= 0.3 is 5.97 Å². The van der Waals surface area contributed by atoms with Gasteiger partial charge < -0.3 is 14.2 Å². The Hall–Kier alpha value is -2.63. The molecule has 2 aromatic rings. The zero-order valence-corrected chi connectivity index (χ0v) is 12.8. The van der Waals surface area contributed by atoms with Gasteiger partial charge in [0, 0.05) is 19.7 Å². The van der Waals surface area contributed by atoms with E-state index in [0.717, 1.165) is 11.1 Å². The molecular weight excluding hydrogens is 284 g/mol. The Bertz CT molecular complexity index is 661. The SMILES string of the molecule is Cc1ccc(CN(C)C(=O)COC(=O)c2cc(C)no2)cc1. The zero-order chi connectivity index (χ0) is 16.1. The molecule has 0 saturated carbocycles. The van der Waals surface area contributed by atoms with Gasteiger partial charge in [-0.2, -0.15) is 0 Å². The molecule has 0 N–H and O–H groups in total. The molecule has 0 aliphatic rings.